The van der Waals surface area contributed by atoms with Crippen molar-refractivity contribution < 1.29 is 4.39 Å². The van der Waals surface area contributed by atoms with E-state index < -0.39 is 0 Å². The molecule has 10 heavy (non-hydrogen) atoms. The van der Waals surface area contributed by atoms with Crippen molar-refractivity contribution in [3.8, 4) is 0 Å². The Kier molecular flexibility index (Phi) is 2.40. The molecular formula is C7H6BrFN. The van der Waals surface area contributed by atoms with Gasteiger partial charge in [-0.25, -0.2) is 4.39 Å². The summed E-state index contributed by atoms with van der Waals surface area (Å²) in [5.41, 5.74) is 5.72. The summed E-state index contributed by atoms with van der Waals surface area (Å²) in [5.74, 6) is -0.291. The SMILES string of the molecule is NCc1c[c]cc(Br)c1F. The first-order valence-corrected chi connectivity index (χ1v) is 3.59. The van der Waals surface area contributed by atoms with E-state index in [4.69, 9.17) is 5.73 Å². The highest BCUT2D eigenvalue weighted by molar-refractivity contribution is 9.10. The van der Waals surface area contributed by atoms with Crippen molar-refractivity contribution in [2.45, 2.75) is 6.54 Å². The van der Waals surface area contributed by atoms with Crippen LogP contribution in [0.25, 0.3) is 0 Å². The Hall–Kier alpha value is -0.410. The summed E-state index contributed by atoms with van der Waals surface area (Å²) in [6.07, 6.45) is 0. The van der Waals surface area contributed by atoms with Gasteiger partial charge < -0.3 is 5.73 Å². The molecule has 0 fully saturated rings. The lowest BCUT2D eigenvalue weighted by Crippen LogP contribution is -1.99. The largest absolute Gasteiger partial charge is 0.326 e. The van der Waals surface area contributed by atoms with E-state index in [-0.39, 0.29) is 12.4 Å². The summed E-state index contributed by atoms with van der Waals surface area (Å²) in [7, 11) is 0. The maximum Gasteiger partial charge on any atom is 0.141 e. The molecule has 0 heterocycles. The number of rotatable bonds is 1. The summed E-state index contributed by atoms with van der Waals surface area (Å²) < 4.78 is 13.3. The topological polar surface area (TPSA) is 26.0 Å². The minimum atomic E-state index is -0.291. The monoisotopic (exact) mass is 202 g/mol. The van der Waals surface area contributed by atoms with E-state index in [1.165, 1.54) is 6.07 Å². The molecule has 0 saturated heterocycles. The van der Waals surface area contributed by atoms with Gasteiger partial charge in [0.1, 0.15) is 5.82 Å². The molecule has 1 aromatic rings. The Morgan fingerprint density at radius 3 is 2.80 bits per heavy atom. The molecular weight excluding hydrogens is 197 g/mol. The molecule has 0 saturated carbocycles. The van der Waals surface area contributed by atoms with Crippen LogP contribution in [0.5, 0.6) is 0 Å². The van der Waals surface area contributed by atoms with Crippen molar-refractivity contribution in [2.75, 3.05) is 0 Å². The fraction of sp³-hybridized carbons (Fsp3) is 0.143. The lowest BCUT2D eigenvalue weighted by atomic mass is 10.2. The van der Waals surface area contributed by atoms with Crippen LogP contribution in [0.1, 0.15) is 5.56 Å². The fourth-order valence-corrected chi connectivity index (χ4v) is 1.03. The van der Waals surface area contributed by atoms with Crippen LogP contribution in [-0.4, -0.2) is 0 Å². The van der Waals surface area contributed by atoms with Gasteiger partial charge >= 0.3 is 0 Å². The number of hydrogen-bond donors (Lipinski definition) is 1. The molecule has 0 atom stereocenters. The summed E-state index contributed by atoms with van der Waals surface area (Å²) in [5, 5.41) is 0. The second kappa shape index (κ2) is 3.12. The van der Waals surface area contributed by atoms with E-state index in [0.717, 1.165) is 0 Å². The number of halogens is 2. The minimum absolute atomic E-state index is 0.210. The van der Waals surface area contributed by atoms with Crippen molar-refractivity contribution in [3.63, 3.8) is 0 Å². The van der Waals surface area contributed by atoms with Gasteiger partial charge in [-0.3, -0.25) is 0 Å². The van der Waals surface area contributed by atoms with E-state index in [1.807, 2.05) is 0 Å². The Bertz CT molecular complexity index is 237. The zero-order chi connectivity index (χ0) is 7.56. The first-order chi connectivity index (χ1) is 4.75. The van der Waals surface area contributed by atoms with Gasteiger partial charge in [-0.15, -0.1) is 0 Å². The highest BCUT2D eigenvalue weighted by Crippen LogP contribution is 2.17. The average Bonchev–Trinajstić information content (AvgIpc) is 1.95. The zero-order valence-electron chi connectivity index (χ0n) is 5.20. The molecule has 0 bridgehead atoms. The first kappa shape index (κ1) is 7.69. The smallest absolute Gasteiger partial charge is 0.141 e. The van der Waals surface area contributed by atoms with Gasteiger partial charge in [0, 0.05) is 12.1 Å². The fourth-order valence-electron chi connectivity index (χ4n) is 0.644. The van der Waals surface area contributed by atoms with Crippen LogP contribution in [0.4, 0.5) is 4.39 Å². The molecule has 2 N–H and O–H groups in total. The Morgan fingerprint density at radius 2 is 2.30 bits per heavy atom. The van der Waals surface area contributed by atoms with Crippen molar-refractivity contribution in [2.24, 2.45) is 5.73 Å². The maximum atomic E-state index is 12.9. The Labute approximate surface area is 67.2 Å². The molecule has 3 heteroatoms. The van der Waals surface area contributed by atoms with Crippen LogP contribution in [0.3, 0.4) is 0 Å². The second-order valence-corrected chi connectivity index (χ2v) is 2.70. The lowest BCUT2D eigenvalue weighted by molar-refractivity contribution is 0.604. The van der Waals surface area contributed by atoms with Crippen molar-refractivity contribution in [3.05, 3.63) is 34.1 Å². The third-order valence-corrected chi connectivity index (χ3v) is 1.76. The predicted octanol–water partition coefficient (Wildman–Crippen LogP) is 1.85. The number of benzene rings is 1. The van der Waals surface area contributed by atoms with Crippen molar-refractivity contribution in [1.29, 1.82) is 0 Å². The molecule has 1 rings (SSSR count). The first-order valence-electron chi connectivity index (χ1n) is 2.79. The highest BCUT2D eigenvalue weighted by Gasteiger charge is 2.02. The minimum Gasteiger partial charge on any atom is -0.326 e. The normalized spacial score (nSPS) is 9.90. The number of nitrogens with two attached hydrogens (primary N) is 1. The molecule has 1 radical (unpaired) electrons. The van der Waals surface area contributed by atoms with Gasteiger partial charge in [-0.05, 0) is 34.1 Å². The second-order valence-electron chi connectivity index (χ2n) is 1.85. The Balaban J connectivity index is 3.14. The lowest BCUT2D eigenvalue weighted by Gasteiger charge is -1.98. The van der Waals surface area contributed by atoms with E-state index in [9.17, 15) is 4.39 Å². The van der Waals surface area contributed by atoms with E-state index in [2.05, 4.69) is 22.0 Å². The van der Waals surface area contributed by atoms with Crippen molar-refractivity contribution in [1.82, 2.24) is 0 Å². The van der Waals surface area contributed by atoms with E-state index in [0.29, 0.717) is 10.0 Å². The van der Waals surface area contributed by atoms with Crippen LogP contribution in [0.15, 0.2) is 16.6 Å². The quantitative estimate of drug-likeness (QED) is 0.740. The highest BCUT2D eigenvalue weighted by atomic mass is 79.9. The summed E-state index contributed by atoms with van der Waals surface area (Å²) in [6.45, 7) is 0.210. The third-order valence-electron chi connectivity index (χ3n) is 1.18. The van der Waals surface area contributed by atoms with Gasteiger partial charge in [0.25, 0.3) is 0 Å². The van der Waals surface area contributed by atoms with E-state index >= 15 is 0 Å². The third kappa shape index (κ3) is 1.36. The van der Waals surface area contributed by atoms with Gasteiger partial charge in [0.05, 0.1) is 4.47 Å². The molecule has 1 nitrogen and oxygen atoms in total. The predicted molar refractivity (Wildman–Crippen MR) is 40.8 cm³/mol. The maximum absolute atomic E-state index is 12.9. The molecule has 0 amide bonds. The van der Waals surface area contributed by atoms with Crippen LogP contribution in [-0.2, 0) is 6.54 Å². The molecule has 53 valence electrons. The summed E-state index contributed by atoms with van der Waals surface area (Å²) >= 11 is 3.03. The van der Waals surface area contributed by atoms with Gasteiger partial charge in [0.15, 0.2) is 0 Å². The molecule has 0 aromatic heterocycles. The Morgan fingerprint density at radius 1 is 1.60 bits per heavy atom. The molecule has 0 unspecified atom stereocenters. The summed E-state index contributed by atoms with van der Waals surface area (Å²) in [6, 6.07) is 5.82. The van der Waals surface area contributed by atoms with Gasteiger partial charge in [-0.1, -0.05) is 0 Å². The van der Waals surface area contributed by atoms with E-state index in [1.54, 1.807) is 6.07 Å². The zero-order valence-corrected chi connectivity index (χ0v) is 6.78. The standard InChI is InChI=1S/C7H6BrFN/c8-6-3-1-2-5(4-10)7(6)9/h2-3H,4,10H2. The van der Waals surface area contributed by atoms with Crippen LogP contribution < -0.4 is 5.73 Å². The van der Waals surface area contributed by atoms with Gasteiger partial charge in [0.2, 0.25) is 0 Å². The van der Waals surface area contributed by atoms with Gasteiger partial charge in [-0.2, -0.15) is 0 Å². The molecule has 0 spiro atoms. The molecule has 0 aliphatic heterocycles. The number of hydrogen-bond acceptors (Lipinski definition) is 1. The van der Waals surface area contributed by atoms with Crippen molar-refractivity contribution >= 4 is 15.9 Å². The molecule has 0 aliphatic rings. The average molecular weight is 203 g/mol. The summed E-state index contributed by atoms with van der Waals surface area (Å²) in [4.78, 5) is 0. The van der Waals surface area contributed by atoms with Crippen LogP contribution in [0, 0.1) is 11.9 Å². The molecule has 0 aliphatic carbocycles. The molecule has 1 aromatic carbocycles. The van der Waals surface area contributed by atoms with Crippen LogP contribution in [0.2, 0.25) is 0 Å². The van der Waals surface area contributed by atoms with Crippen LogP contribution >= 0.6 is 15.9 Å².